The van der Waals surface area contributed by atoms with Gasteiger partial charge in [-0.1, -0.05) is 37.3 Å². The lowest BCUT2D eigenvalue weighted by Crippen LogP contribution is -2.43. The molecule has 3 heteroatoms. The van der Waals surface area contributed by atoms with Gasteiger partial charge in [0.1, 0.15) is 5.75 Å². The first-order chi connectivity index (χ1) is 10.3. The van der Waals surface area contributed by atoms with Crippen molar-refractivity contribution in [3.8, 4) is 5.75 Å². The van der Waals surface area contributed by atoms with Crippen LogP contribution in [0.2, 0.25) is 0 Å². The van der Waals surface area contributed by atoms with E-state index in [4.69, 9.17) is 4.74 Å². The summed E-state index contributed by atoms with van der Waals surface area (Å²) in [6.07, 6.45) is 1.27. The lowest BCUT2D eigenvalue weighted by atomic mass is 10.1. The van der Waals surface area contributed by atoms with Crippen molar-refractivity contribution in [1.82, 2.24) is 5.32 Å². The van der Waals surface area contributed by atoms with Gasteiger partial charge >= 0.3 is 0 Å². The average molecular weight is 284 g/mol. The van der Waals surface area contributed by atoms with Crippen LogP contribution in [0.4, 0.5) is 5.69 Å². The first-order valence-corrected chi connectivity index (χ1v) is 7.93. The Hall–Kier alpha value is -1.74. The summed E-state index contributed by atoms with van der Waals surface area (Å²) in [7, 11) is 0. The Bertz CT molecular complexity index is 605. The number of benzene rings is 2. The lowest BCUT2D eigenvalue weighted by molar-refractivity contribution is 0.218. The molecular weight excluding hydrogens is 260 g/mol. The molecule has 1 N–H and O–H groups in total. The zero-order valence-electron chi connectivity index (χ0n) is 12.9. The topological polar surface area (TPSA) is 24.5 Å². The van der Waals surface area contributed by atoms with Gasteiger partial charge in [0.05, 0.1) is 11.8 Å². The van der Waals surface area contributed by atoms with Gasteiger partial charge in [0.25, 0.3) is 0 Å². The fraction of sp³-hybridized carbons (Fsp3) is 0.444. The maximum atomic E-state index is 6.19. The molecule has 0 saturated carbocycles. The number of nitrogens with one attached hydrogen (secondary N) is 1. The van der Waals surface area contributed by atoms with Gasteiger partial charge in [-0.2, -0.15) is 0 Å². The summed E-state index contributed by atoms with van der Waals surface area (Å²) < 4.78 is 6.19. The summed E-state index contributed by atoms with van der Waals surface area (Å²) in [5.74, 6) is 1.02. The molecule has 0 aliphatic carbocycles. The van der Waals surface area contributed by atoms with Crippen molar-refractivity contribution >= 4 is 16.5 Å². The van der Waals surface area contributed by atoms with Crippen LogP contribution in [0.1, 0.15) is 20.3 Å². The summed E-state index contributed by atoms with van der Waals surface area (Å²) >= 11 is 0. The van der Waals surface area contributed by atoms with E-state index in [-0.39, 0.29) is 6.10 Å². The van der Waals surface area contributed by atoms with Crippen LogP contribution >= 0.6 is 0 Å². The van der Waals surface area contributed by atoms with E-state index in [9.17, 15) is 0 Å². The van der Waals surface area contributed by atoms with Gasteiger partial charge in [-0.15, -0.1) is 0 Å². The molecule has 1 unspecified atom stereocenters. The van der Waals surface area contributed by atoms with Crippen molar-refractivity contribution < 1.29 is 4.74 Å². The smallest absolute Gasteiger partial charge is 0.143 e. The van der Waals surface area contributed by atoms with Gasteiger partial charge < -0.3 is 15.0 Å². The Morgan fingerprint density at radius 3 is 2.67 bits per heavy atom. The number of nitrogens with zero attached hydrogens (tertiary/aromatic N) is 1. The molecule has 2 aromatic rings. The zero-order valence-corrected chi connectivity index (χ0v) is 12.9. The molecule has 1 fully saturated rings. The second-order valence-electron chi connectivity index (χ2n) is 5.71. The van der Waals surface area contributed by atoms with Gasteiger partial charge in [0.2, 0.25) is 0 Å². The van der Waals surface area contributed by atoms with E-state index < -0.39 is 0 Å². The maximum Gasteiger partial charge on any atom is 0.143 e. The van der Waals surface area contributed by atoms with Crippen LogP contribution in [0.15, 0.2) is 36.4 Å². The number of piperazine rings is 1. The van der Waals surface area contributed by atoms with Crippen molar-refractivity contribution in [1.29, 1.82) is 0 Å². The number of hydrogen-bond acceptors (Lipinski definition) is 3. The minimum atomic E-state index is 0.243. The molecule has 1 saturated heterocycles. The van der Waals surface area contributed by atoms with Crippen LogP contribution in [0.5, 0.6) is 5.75 Å². The molecule has 1 heterocycles. The Morgan fingerprint density at radius 2 is 1.90 bits per heavy atom. The van der Waals surface area contributed by atoms with Gasteiger partial charge in [-0.3, -0.25) is 0 Å². The third kappa shape index (κ3) is 2.98. The van der Waals surface area contributed by atoms with E-state index in [0.29, 0.717) is 0 Å². The molecule has 0 bridgehead atoms. The maximum absolute atomic E-state index is 6.19. The Morgan fingerprint density at radius 1 is 1.14 bits per heavy atom. The van der Waals surface area contributed by atoms with Crippen molar-refractivity contribution in [3.63, 3.8) is 0 Å². The van der Waals surface area contributed by atoms with Crippen LogP contribution in [0, 0.1) is 0 Å². The van der Waals surface area contributed by atoms with E-state index in [1.165, 1.54) is 16.5 Å². The fourth-order valence-corrected chi connectivity index (χ4v) is 2.84. The molecule has 112 valence electrons. The highest BCUT2D eigenvalue weighted by Crippen LogP contribution is 2.37. The first-order valence-electron chi connectivity index (χ1n) is 7.93. The van der Waals surface area contributed by atoms with Gasteiger partial charge in [0.15, 0.2) is 0 Å². The summed E-state index contributed by atoms with van der Waals surface area (Å²) in [4.78, 5) is 2.45. The van der Waals surface area contributed by atoms with Crippen LogP contribution in [0.3, 0.4) is 0 Å². The molecule has 2 aromatic carbocycles. The van der Waals surface area contributed by atoms with Crippen LogP contribution < -0.4 is 15.0 Å². The molecule has 1 atom stereocenters. The molecule has 21 heavy (non-hydrogen) atoms. The molecule has 3 rings (SSSR count). The quantitative estimate of drug-likeness (QED) is 0.931. The molecule has 0 amide bonds. The third-order valence-electron chi connectivity index (χ3n) is 4.20. The first kappa shape index (κ1) is 14.2. The molecule has 0 aromatic heterocycles. The predicted octanol–water partition coefficient (Wildman–Crippen LogP) is 3.43. The molecule has 1 aliphatic heterocycles. The summed E-state index contributed by atoms with van der Waals surface area (Å²) in [6.45, 7) is 8.43. The SMILES string of the molecule is CCC(C)Oc1ccc2ccccc2c1N1CCNCC1. The zero-order chi connectivity index (χ0) is 14.7. The minimum absolute atomic E-state index is 0.243. The Kier molecular flexibility index (Phi) is 4.30. The second kappa shape index (κ2) is 6.35. The molecule has 1 aliphatic rings. The van der Waals surface area contributed by atoms with Crippen molar-refractivity contribution in [2.45, 2.75) is 26.4 Å². The summed E-state index contributed by atoms with van der Waals surface area (Å²) in [5.41, 5.74) is 1.26. The number of anilines is 1. The number of ether oxygens (including phenoxy) is 1. The highest BCUT2D eigenvalue weighted by molar-refractivity contribution is 5.97. The van der Waals surface area contributed by atoms with Gasteiger partial charge in [-0.25, -0.2) is 0 Å². The van der Waals surface area contributed by atoms with E-state index >= 15 is 0 Å². The lowest BCUT2D eigenvalue weighted by Gasteiger charge is -2.32. The summed E-state index contributed by atoms with van der Waals surface area (Å²) in [6, 6.07) is 12.9. The van der Waals surface area contributed by atoms with Gasteiger partial charge in [-0.05, 0) is 24.8 Å². The van der Waals surface area contributed by atoms with Crippen LogP contribution in [-0.4, -0.2) is 32.3 Å². The number of fused-ring (bicyclic) bond motifs is 1. The normalized spacial score (nSPS) is 17.0. The molecule has 0 radical (unpaired) electrons. The number of hydrogen-bond donors (Lipinski definition) is 1. The fourth-order valence-electron chi connectivity index (χ4n) is 2.84. The van der Waals surface area contributed by atoms with E-state index in [2.05, 4.69) is 60.5 Å². The number of rotatable bonds is 4. The predicted molar refractivity (Wildman–Crippen MR) is 89.4 cm³/mol. The van der Waals surface area contributed by atoms with E-state index in [1.54, 1.807) is 0 Å². The third-order valence-corrected chi connectivity index (χ3v) is 4.20. The average Bonchev–Trinajstić information content (AvgIpc) is 2.55. The van der Waals surface area contributed by atoms with E-state index in [0.717, 1.165) is 38.3 Å². The minimum Gasteiger partial charge on any atom is -0.489 e. The molecule has 0 spiro atoms. The molecular formula is C18H24N2O. The summed E-state index contributed by atoms with van der Waals surface area (Å²) in [5, 5.41) is 5.99. The highest BCUT2D eigenvalue weighted by atomic mass is 16.5. The Balaban J connectivity index is 2.07. The Labute approximate surface area is 126 Å². The second-order valence-corrected chi connectivity index (χ2v) is 5.71. The highest BCUT2D eigenvalue weighted by Gasteiger charge is 2.19. The van der Waals surface area contributed by atoms with E-state index in [1.807, 2.05) is 0 Å². The largest absolute Gasteiger partial charge is 0.489 e. The standard InChI is InChI=1S/C18H24N2O/c1-3-14(2)21-17-9-8-15-6-4-5-7-16(15)18(17)20-12-10-19-11-13-20/h4-9,14,19H,3,10-13H2,1-2H3. The van der Waals surface area contributed by atoms with Crippen molar-refractivity contribution in [2.75, 3.05) is 31.1 Å². The molecule has 3 nitrogen and oxygen atoms in total. The van der Waals surface area contributed by atoms with Gasteiger partial charge in [0, 0.05) is 31.6 Å². The van der Waals surface area contributed by atoms with Crippen LogP contribution in [0.25, 0.3) is 10.8 Å². The van der Waals surface area contributed by atoms with Crippen LogP contribution in [-0.2, 0) is 0 Å². The monoisotopic (exact) mass is 284 g/mol. The van der Waals surface area contributed by atoms with Crippen molar-refractivity contribution in [2.24, 2.45) is 0 Å². The van der Waals surface area contributed by atoms with Crippen molar-refractivity contribution in [3.05, 3.63) is 36.4 Å².